The van der Waals surface area contributed by atoms with Gasteiger partial charge < -0.3 is 14.6 Å². The Kier molecular flexibility index (Phi) is 4.83. The number of aromatic nitrogens is 3. The highest BCUT2D eigenvalue weighted by Gasteiger charge is 2.13. The van der Waals surface area contributed by atoms with Crippen molar-refractivity contribution in [2.24, 2.45) is 7.05 Å². The molecule has 0 aliphatic carbocycles. The molecule has 136 valence electrons. The maximum atomic E-state index is 13.7. The summed E-state index contributed by atoms with van der Waals surface area (Å²) in [6, 6.07) is 5.66. The van der Waals surface area contributed by atoms with Crippen LogP contribution in [0, 0.1) is 11.6 Å². The van der Waals surface area contributed by atoms with E-state index in [1.54, 1.807) is 13.1 Å². The standard InChI is InChI=1S/C16H15F2N5O3/c1-23-14(7-15(21-23)25-2)20-16(24)19-8-10-6-13(26-22-10)11-4-3-9(17)5-12(11)18/h3-7H,8H2,1-2H3,(H2,19,20,24). The van der Waals surface area contributed by atoms with E-state index >= 15 is 0 Å². The van der Waals surface area contributed by atoms with Gasteiger partial charge in [-0.1, -0.05) is 5.16 Å². The SMILES string of the molecule is COc1cc(NC(=O)NCc2cc(-c3ccc(F)cc3F)on2)n(C)n1. The van der Waals surface area contributed by atoms with Crippen LogP contribution in [0.5, 0.6) is 5.88 Å². The Morgan fingerprint density at radius 1 is 1.31 bits per heavy atom. The van der Waals surface area contributed by atoms with Crippen LogP contribution in [0.3, 0.4) is 0 Å². The van der Waals surface area contributed by atoms with E-state index in [2.05, 4.69) is 20.9 Å². The van der Waals surface area contributed by atoms with Crippen molar-refractivity contribution in [3.63, 3.8) is 0 Å². The molecular weight excluding hydrogens is 348 g/mol. The fourth-order valence-electron chi connectivity index (χ4n) is 2.20. The number of aryl methyl sites for hydroxylation is 1. The van der Waals surface area contributed by atoms with E-state index in [-0.39, 0.29) is 17.9 Å². The monoisotopic (exact) mass is 363 g/mol. The third-order valence-electron chi connectivity index (χ3n) is 3.49. The number of ether oxygens (including phenoxy) is 1. The van der Waals surface area contributed by atoms with Gasteiger partial charge in [0.1, 0.15) is 23.1 Å². The highest BCUT2D eigenvalue weighted by atomic mass is 19.1. The molecule has 3 aromatic rings. The van der Waals surface area contributed by atoms with E-state index in [0.717, 1.165) is 12.1 Å². The molecule has 0 fully saturated rings. The van der Waals surface area contributed by atoms with Gasteiger partial charge in [0.15, 0.2) is 5.76 Å². The Morgan fingerprint density at radius 2 is 2.12 bits per heavy atom. The van der Waals surface area contributed by atoms with E-state index in [1.165, 1.54) is 23.9 Å². The molecule has 0 bridgehead atoms. The predicted molar refractivity (Wildman–Crippen MR) is 87.5 cm³/mol. The number of carbonyl (C=O) groups excluding carboxylic acids is 1. The number of anilines is 1. The minimum Gasteiger partial charge on any atom is -0.480 e. The third kappa shape index (κ3) is 3.79. The van der Waals surface area contributed by atoms with Gasteiger partial charge in [-0.2, -0.15) is 0 Å². The quantitative estimate of drug-likeness (QED) is 0.727. The lowest BCUT2D eigenvalue weighted by Gasteiger charge is -2.05. The van der Waals surface area contributed by atoms with Crippen molar-refractivity contribution in [1.29, 1.82) is 0 Å². The molecule has 0 spiro atoms. The van der Waals surface area contributed by atoms with E-state index in [0.29, 0.717) is 17.4 Å². The normalized spacial score (nSPS) is 10.6. The van der Waals surface area contributed by atoms with Gasteiger partial charge in [-0.05, 0) is 12.1 Å². The number of amides is 2. The van der Waals surface area contributed by atoms with Crippen molar-refractivity contribution in [2.75, 3.05) is 12.4 Å². The molecule has 0 aliphatic rings. The van der Waals surface area contributed by atoms with Gasteiger partial charge in [-0.25, -0.2) is 18.3 Å². The summed E-state index contributed by atoms with van der Waals surface area (Å²) in [5, 5.41) is 13.0. The van der Waals surface area contributed by atoms with Crippen molar-refractivity contribution in [3.05, 3.63) is 47.7 Å². The maximum absolute atomic E-state index is 13.7. The highest BCUT2D eigenvalue weighted by Crippen LogP contribution is 2.24. The van der Waals surface area contributed by atoms with Gasteiger partial charge in [0, 0.05) is 25.2 Å². The van der Waals surface area contributed by atoms with Gasteiger partial charge in [-0.15, -0.1) is 5.10 Å². The van der Waals surface area contributed by atoms with Gasteiger partial charge in [-0.3, -0.25) is 5.32 Å². The zero-order chi connectivity index (χ0) is 18.7. The first-order valence-corrected chi connectivity index (χ1v) is 7.50. The summed E-state index contributed by atoms with van der Waals surface area (Å²) in [4.78, 5) is 11.9. The first-order chi connectivity index (χ1) is 12.5. The van der Waals surface area contributed by atoms with Crippen molar-refractivity contribution < 1.29 is 22.8 Å². The largest absolute Gasteiger partial charge is 0.480 e. The Balaban J connectivity index is 1.60. The number of carbonyl (C=O) groups is 1. The van der Waals surface area contributed by atoms with Crippen LogP contribution in [-0.4, -0.2) is 28.1 Å². The van der Waals surface area contributed by atoms with Crippen molar-refractivity contribution in [3.8, 4) is 17.2 Å². The lowest BCUT2D eigenvalue weighted by molar-refractivity contribution is 0.251. The molecule has 0 aliphatic heterocycles. The number of rotatable bonds is 5. The second-order valence-electron chi connectivity index (χ2n) is 5.31. The number of benzene rings is 1. The molecule has 2 amide bonds. The summed E-state index contributed by atoms with van der Waals surface area (Å²) in [6.45, 7) is 0.0487. The molecule has 2 N–H and O–H groups in total. The molecule has 2 aromatic heterocycles. The number of halogens is 2. The third-order valence-corrected chi connectivity index (χ3v) is 3.49. The Hall–Kier alpha value is -3.43. The van der Waals surface area contributed by atoms with Gasteiger partial charge in [0.25, 0.3) is 0 Å². The van der Waals surface area contributed by atoms with Crippen LogP contribution >= 0.6 is 0 Å². The lowest BCUT2D eigenvalue weighted by Crippen LogP contribution is -2.29. The summed E-state index contributed by atoms with van der Waals surface area (Å²) in [5.74, 6) is -0.505. The van der Waals surface area contributed by atoms with E-state index in [4.69, 9.17) is 9.26 Å². The van der Waals surface area contributed by atoms with E-state index in [9.17, 15) is 13.6 Å². The molecule has 0 radical (unpaired) electrons. The molecule has 0 saturated carbocycles. The minimum atomic E-state index is -0.761. The Labute approximate surface area is 146 Å². The minimum absolute atomic E-state index is 0.0487. The van der Waals surface area contributed by atoms with Gasteiger partial charge in [0.2, 0.25) is 5.88 Å². The van der Waals surface area contributed by atoms with Gasteiger partial charge >= 0.3 is 6.03 Å². The zero-order valence-electron chi connectivity index (χ0n) is 13.9. The smallest absolute Gasteiger partial charge is 0.320 e. The van der Waals surface area contributed by atoms with Crippen molar-refractivity contribution in [2.45, 2.75) is 6.54 Å². The average molecular weight is 363 g/mol. The number of urea groups is 1. The van der Waals surface area contributed by atoms with Crippen LogP contribution in [0.1, 0.15) is 5.69 Å². The van der Waals surface area contributed by atoms with Crippen LogP contribution < -0.4 is 15.4 Å². The molecule has 0 saturated heterocycles. The van der Waals surface area contributed by atoms with E-state index in [1.807, 2.05) is 0 Å². The molecule has 10 heteroatoms. The number of nitrogens with zero attached hydrogens (tertiary/aromatic N) is 3. The van der Waals surface area contributed by atoms with Crippen LogP contribution in [0.4, 0.5) is 19.4 Å². The second-order valence-corrected chi connectivity index (χ2v) is 5.31. The fraction of sp³-hybridized carbons (Fsp3) is 0.188. The van der Waals surface area contributed by atoms with Crippen LogP contribution in [0.25, 0.3) is 11.3 Å². The molecule has 26 heavy (non-hydrogen) atoms. The Bertz CT molecular complexity index is 938. The summed E-state index contributed by atoms with van der Waals surface area (Å²) in [7, 11) is 3.12. The molecule has 1 aromatic carbocycles. The van der Waals surface area contributed by atoms with Crippen molar-refractivity contribution in [1.82, 2.24) is 20.3 Å². The number of nitrogens with one attached hydrogen (secondary N) is 2. The highest BCUT2D eigenvalue weighted by molar-refractivity contribution is 5.88. The second kappa shape index (κ2) is 7.21. The first kappa shape index (κ1) is 17.4. The van der Waals surface area contributed by atoms with Gasteiger partial charge in [0.05, 0.1) is 19.2 Å². The lowest BCUT2D eigenvalue weighted by atomic mass is 10.1. The number of methoxy groups -OCH3 is 1. The van der Waals surface area contributed by atoms with E-state index < -0.39 is 17.7 Å². The predicted octanol–water partition coefficient (Wildman–Crippen LogP) is 2.68. The van der Waals surface area contributed by atoms with Crippen LogP contribution in [-0.2, 0) is 13.6 Å². The average Bonchev–Trinajstić information content (AvgIpc) is 3.20. The topological polar surface area (TPSA) is 94.2 Å². The van der Waals surface area contributed by atoms with Crippen LogP contribution in [0.15, 0.2) is 34.9 Å². The molecule has 8 nitrogen and oxygen atoms in total. The zero-order valence-corrected chi connectivity index (χ0v) is 13.9. The number of hydrogen-bond donors (Lipinski definition) is 2. The van der Waals surface area contributed by atoms with Crippen LogP contribution in [0.2, 0.25) is 0 Å². The summed E-state index contributed by atoms with van der Waals surface area (Å²) >= 11 is 0. The van der Waals surface area contributed by atoms with Crippen molar-refractivity contribution >= 4 is 11.8 Å². The molecule has 0 unspecified atom stereocenters. The maximum Gasteiger partial charge on any atom is 0.320 e. The Morgan fingerprint density at radius 3 is 2.81 bits per heavy atom. The molecular formula is C16H15F2N5O3. The summed E-state index contributed by atoms with van der Waals surface area (Å²) < 4.78 is 38.2. The number of hydrogen-bond acceptors (Lipinski definition) is 5. The first-order valence-electron chi connectivity index (χ1n) is 7.50. The molecule has 0 atom stereocenters. The summed E-state index contributed by atoms with van der Waals surface area (Å²) in [5.41, 5.74) is 0.457. The fourth-order valence-corrected chi connectivity index (χ4v) is 2.20. The summed E-state index contributed by atoms with van der Waals surface area (Å²) in [6.07, 6.45) is 0. The molecule has 2 heterocycles. The molecule has 3 rings (SSSR count).